The zero-order valence-corrected chi connectivity index (χ0v) is 16.9. The normalized spacial score (nSPS) is 20.6. The van der Waals surface area contributed by atoms with E-state index in [0.717, 1.165) is 31.6 Å². The Morgan fingerprint density at radius 3 is 2.56 bits per heavy atom. The van der Waals surface area contributed by atoms with E-state index in [4.69, 9.17) is 4.74 Å². The SMILES string of the molecule is Cc1c(C)c(SNNCCCC2C(=O)N2C)c(C)c2c1CC(C)(C)O2. The van der Waals surface area contributed by atoms with Crippen LogP contribution in [0.3, 0.4) is 0 Å². The van der Waals surface area contributed by atoms with E-state index in [1.54, 1.807) is 16.8 Å². The van der Waals surface area contributed by atoms with Crippen LogP contribution in [0.15, 0.2) is 4.90 Å². The molecule has 0 aliphatic carbocycles. The first-order valence-electron chi connectivity index (χ1n) is 8.96. The van der Waals surface area contributed by atoms with Crippen LogP contribution in [-0.4, -0.2) is 36.0 Å². The van der Waals surface area contributed by atoms with E-state index >= 15 is 0 Å². The average molecular weight is 364 g/mol. The van der Waals surface area contributed by atoms with Crippen molar-refractivity contribution in [3.63, 3.8) is 0 Å². The van der Waals surface area contributed by atoms with Crippen molar-refractivity contribution in [1.29, 1.82) is 0 Å². The predicted octanol–water partition coefficient (Wildman–Crippen LogP) is 3.05. The van der Waals surface area contributed by atoms with E-state index in [-0.39, 0.29) is 17.6 Å². The highest BCUT2D eigenvalue weighted by Gasteiger charge is 2.41. The van der Waals surface area contributed by atoms with E-state index in [9.17, 15) is 4.79 Å². The zero-order valence-electron chi connectivity index (χ0n) is 16.1. The fourth-order valence-electron chi connectivity index (χ4n) is 3.58. The number of carbonyl (C=O) groups excluding carboxylic acids is 1. The van der Waals surface area contributed by atoms with Crippen LogP contribution < -0.4 is 15.0 Å². The lowest BCUT2D eigenvalue weighted by molar-refractivity contribution is -0.113. The number of nitrogens with zero attached hydrogens (tertiary/aromatic N) is 1. The number of hydrogen-bond acceptors (Lipinski definition) is 5. The third-order valence-corrected chi connectivity index (χ3v) is 6.39. The van der Waals surface area contributed by atoms with Gasteiger partial charge in [0.2, 0.25) is 5.91 Å². The van der Waals surface area contributed by atoms with Gasteiger partial charge in [-0.2, -0.15) is 4.83 Å². The maximum atomic E-state index is 11.2. The van der Waals surface area contributed by atoms with Crippen molar-refractivity contribution < 1.29 is 9.53 Å². The maximum absolute atomic E-state index is 11.2. The molecule has 0 radical (unpaired) electrons. The summed E-state index contributed by atoms with van der Waals surface area (Å²) in [5, 5.41) is 0. The quantitative estimate of drug-likeness (QED) is 0.337. The Morgan fingerprint density at radius 1 is 1.24 bits per heavy atom. The lowest BCUT2D eigenvalue weighted by Gasteiger charge is -2.19. The Hall–Kier alpha value is -1.24. The van der Waals surface area contributed by atoms with Crippen LogP contribution in [0, 0.1) is 20.8 Å². The molecule has 2 N–H and O–H groups in total. The second-order valence-corrected chi connectivity index (χ2v) is 8.60. The summed E-state index contributed by atoms with van der Waals surface area (Å²) >= 11 is 1.61. The van der Waals surface area contributed by atoms with Crippen LogP contribution in [0.2, 0.25) is 0 Å². The van der Waals surface area contributed by atoms with Gasteiger partial charge in [-0.15, -0.1) is 0 Å². The van der Waals surface area contributed by atoms with Gasteiger partial charge in [0.05, 0.1) is 0 Å². The molecule has 0 saturated carbocycles. The number of fused-ring (bicyclic) bond motifs is 1. The summed E-state index contributed by atoms with van der Waals surface area (Å²) < 4.78 is 6.20. The molecule has 1 aromatic rings. The zero-order chi connectivity index (χ0) is 18.4. The summed E-state index contributed by atoms with van der Waals surface area (Å²) in [6.07, 6.45) is 2.88. The van der Waals surface area contributed by atoms with Gasteiger partial charge in [0.15, 0.2) is 0 Å². The van der Waals surface area contributed by atoms with E-state index < -0.39 is 0 Å². The topological polar surface area (TPSA) is 53.4 Å². The van der Waals surface area contributed by atoms with Gasteiger partial charge in [-0.3, -0.25) is 4.79 Å². The molecule has 1 unspecified atom stereocenters. The fraction of sp³-hybridized carbons (Fsp3) is 0.632. The van der Waals surface area contributed by atoms with Crippen molar-refractivity contribution in [2.75, 3.05) is 13.6 Å². The Bertz CT molecular complexity index is 703. The summed E-state index contributed by atoms with van der Waals surface area (Å²) in [4.78, 5) is 17.5. The molecular weight excluding hydrogens is 334 g/mol. The molecule has 5 nitrogen and oxygen atoms in total. The van der Waals surface area contributed by atoms with Crippen LogP contribution >= 0.6 is 11.9 Å². The highest BCUT2D eigenvalue weighted by Crippen LogP contribution is 2.44. The fourth-order valence-corrected chi connectivity index (χ4v) is 4.41. The minimum absolute atomic E-state index is 0.118. The van der Waals surface area contributed by atoms with Crippen molar-refractivity contribution in [2.24, 2.45) is 0 Å². The van der Waals surface area contributed by atoms with Gasteiger partial charge in [-0.05, 0) is 70.5 Å². The van der Waals surface area contributed by atoms with Gasteiger partial charge in [0.25, 0.3) is 0 Å². The Kier molecular flexibility index (Phi) is 5.06. The van der Waals surface area contributed by atoms with Crippen LogP contribution in [0.25, 0.3) is 0 Å². The van der Waals surface area contributed by atoms with Crippen molar-refractivity contribution in [3.05, 3.63) is 22.3 Å². The molecule has 0 aromatic heterocycles. The number of benzene rings is 1. The third-order valence-electron chi connectivity index (χ3n) is 5.33. The molecule has 2 heterocycles. The Morgan fingerprint density at radius 2 is 1.92 bits per heavy atom. The van der Waals surface area contributed by atoms with Crippen LogP contribution in [0.1, 0.15) is 48.9 Å². The molecule has 1 fully saturated rings. The lowest BCUT2D eigenvalue weighted by atomic mass is 9.93. The molecule has 1 saturated heterocycles. The minimum atomic E-state index is -0.118. The van der Waals surface area contributed by atoms with Crippen molar-refractivity contribution in [2.45, 2.75) is 70.4 Å². The molecule has 138 valence electrons. The monoisotopic (exact) mass is 363 g/mol. The van der Waals surface area contributed by atoms with Crippen LogP contribution in [-0.2, 0) is 11.2 Å². The number of hydrogen-bond donors (Lipinski definition) is 2. The van der Waals surface area contributed by atoms with Gasteiger partial charge >= 0.3 is 0 Å². The highest BCUT2D eigenvalue weighted by atomic mass is 32.2. The van der Waals surface area contributed by atoms with E-state index in [0.29, 0.717) is 0 Å². The smallest absolute Gasteiger partial charge is 0.245 e. The summed E-state index contributed by atoms with van der Waals surface area (Å²) in [6.45, 7) is 11.7. The van der Waals surface area contributed by atoms with Gasteiger partial charge in [0.1, 0.15) is 17.4 Å². The van der Waals surface area contributed by atoms with Crippen molar-refractivity contribution in [3.8, 4) is 5.75 Å². The predicted molar refractivity (Wildman–Crippen MR) is 102 cm³/mol. The summed E-state index contributed by atoms with van der Waals surface area (Å²) in [5.74, 6) is 1.33. The Labute approximate surface area is 155 Å². The molecule has 6 heteroatoms. The molecule has 1 atom stereocenters. The lowest BCUT2D eigenvalue weighted by Crippen LogP contribution is -2.27. The molecule has 3 rings (SSSR count). The molecule has 0 spiro atoms. The second-order valence-electron chi connectivity index (χ2n) is 7.79. The number of hydrazine groups is 1. The minimum Gasteiger partial charge on any atom is -0.487 e. The maximum Gasteiger partial charge on any atom is 0.245 e. The molecule has 1 aromatic carbocycles. The van der Waals surface area contributed by atoms with Crippen LogP contribution in [0.5, 0.6) is 5.75 Å². The first-order chi connectivity index (χ1) is 11.7. The standard InChI is InChI=1S/C19H29N3O2S/c1-11-12(2)17(13(3)16-14(11)10-19(4,5)24-16)25-21-20-9-7-8-15-18(23)22(15)6/h15,20-21H,7-10H2,1-6H3. The first kappa shape index (κ1) is 18.5. The van der Waals surface area contributed by atoms with Crippen molar-refractivity contribution in [1.82, 2.24) is 15.2 Å². The molecular formula is C19H29N3O2S. The summed E-state index contributed by atoms with van der Waals surface area (Å²) in [7, 11) is 1.86. The largest absolute Gasteiger partial charge is 0.487 e. The van der Waals surface area contributed by atoms with E-state index in [1.165, 1.54) is 27.1 Å². The van der Waals surface area contributed by atoms with E-state index in [1.807, 2.05) is 7.05 Å². The molecule has 2 aliphatic rings. The van der Waals surface area contributed by atoms with Crippen molar-refractivity contribution >= 4 is 17.9 Å². The molecule has 0 bridgehead atoms. The first-order valence-corrected chi connectivity index (χ1v) is 9.77. The molecule has 2 aliphatic heterocycles. The summed E-state index contributed by atoms with van der Waals surface area (Å²) in [6, 6.07) is 0.152. The molecule has 1 amide bonds. The number of nitrogens with one attached hydrogen (secondary N) is 2. The second kappa shape index (κ2) is 6.82. The number of ether oxygens (including phenoxy) is 1. The van der Waals surface area contributed by atoms with Gasteiger partial charge in [-0.1, -0.05) is 0 Å². The number of likely N-dealkylation sites (N-methyl/N-ethyl adjacent to an activating group) is 1. The van der Waals surface area contributed by atoms with Gasteiger partial charge in [-0.25, -0.2) is 5.43 Å². The molecule has 25 heavy (non-hydrogen) atoms. The van der Waals surface area contributed by atoms with Gasteiger partial charge < -0.3 is 9.64 Å². The number of rotatable bonds is 7. The van der Waals surface area contributed by atoms with Gasteiger partial charge in [0, 0.05) is 36.0 Å². The Balaban J connectivity index is 1.55. The summed E-state index contributed by atoms with van der Waals surface area (Å²) in [5.41, 5.74) is 8.36. The average Bonchev–Trinajstić information content (AvgIpc) is 2.96. The number of carbonyl (C=O) groups is 1. The third kappa shape index (κ3) is 3.66. The number of amides is 1. The van der Waals surface area contributed by atoms with E-state index in [2.05, 4.69) is 44.9 Å². The van der Waals surface area contributed by atoms with Crippen LogP contribution in [0.4, 0.5) is 0 Å². The highest BCUT2D eigenvalue weighted by molar-refractivity contribution is 7.97.